The molecule has 2 aliphatic rings. The fourth-order valence-electron chi connectivity index (χ4n) is 3.01. The molecule has 2 unspecified atom stereocenters. The summed E-state index contributed by atoms with van der Waals surface area (Å²) in [7, 11) is 0. The van der Waals surface area contributed by atoms with Crippen LogP contribution >= 0.6 is 0 Å². The van der Waals surface area contributed by atoms with E-state index < -0.39 is 0 Å². The summed E-state index contributed by atoms with van der Waals surface area (Å²) >= 11 is 0. The lowest BCUT2D eigenvalue weighted by molar-refractivity contribution is -0.0726. The van der Waals surface area contributed by atoms with Crippen molar-refractivity contribution in [3.8, 4) is 0 Å². The summed E-state index contributed by atoms with van der Waals surface area (Å²) < 4.78 is 0. The summed E-state index contributed by atoms with van der Waals surface area (Å²) in [6.45, 7) is 9.11. The minimum atomic E-state index is -0.113. The molecule has 3 nitrogen and oxygen atoms in total. The summed E-state index contributed by atoms with van der Waals surface area (Å²) in [5.41, 5.74) is 0.0682. The molecule has 0 aromatic carbocycles. The molecular weight excluding hydrogens is 212 g/mol. The number of nitrogens with zero attached hydrogens (tertiary/aromatic N) is 1. The summed E-state index contributed by atoms with van der Waals surface area (Å²) in [5, 5.41) is 13.3. The van der Waals surface area contributed by atoms with Gasteiger partial charge in [0.05, 0.1) is 6.10 Å². The maximum Gasteiger partial charge on any atom is 0.0621 e. The van der Waals surface area contributed by atoms with Crippen LogP contribution in [0.15, 0.2) is 0 Å². The Morgan fingerprint density at radius 1 is 1.18 bits per heavy atom. The summed E-state index contributed by atoms with van der Waals surface area (Å²) in [5.74, 6) is 0. The van der Waals surface area contributed by atoms with E-state index in [0.717, 1.165) is 13.0 Å². The Kier molecular flexibility index (Phi) is 4.45. The lowest BCUT2D eigenvalue weighted by Gasteiger charge is -2.49. The maximum absolute atomic E-state index is 9.68. The van der Waals surface area contributed by atoms with Crippen molar-refractivity contribution in [1.29, 1.82) is 0 Å². The molecular formula is C14H28N2O. The van der Waals surface area contributed by atoms with Crippen LogP contribution in [0.2, 0.25) is 0 Å². The largest absolute Gasteiger partial charge is 0.392 e. The van der Waals surface area contributed by atoms with Crippen molar-refractivity contribution in [2.24, 2.45) is 5.41 Å². The highest BCUT2D eigenvalue weighted by atomic mass is 16.3. The highest BCUT2D eigenvalue weighted by molar-refractivity contribution is 5.01. The molecule has 0 aromatic rings. The number of nitrogens with one attached hydrogen (secondary N) is 1. The monoisotopic (exact) mass is 240 g/mol. The number of hydrogen-bond donors (Lipinski definition) is 2. The van der Waals surface area contributed by atoms with Gasteiger partial charge >= 0.3 is 0 Å². The van der Waals surface area contributed by atoms with Gasteiger partial charge in [0.15, 0.2) is 0 Å². The Balaban J connectivity index is 1.63. The van der Waals surface area contributed by atoms with Crippen LogP contribution in [0.25, 0.3) is 0 Å². The fourth-order valence-corrected chi connectivity index (χ4v) is 3.01. The number of rotatable bonds is 4. The molecule has 2 N–H and O–H groups in total. The van der Waals surface area contributed by atoms with Gasteiger partial charge in [-0.15, -0.1) is 0 Å². The molecule has 0 bridgehead atoms. The molecule has 3 heteroatoms. The van der Waals surface area contributed by atoms with Gasteiger partial charge in [-0.1, -0.05) is 26.7 Å². The lowest BCUT2D eigenvalue weighted by Crippen LogP contribution is -2.60. The Labute approximate surface area is 106 Å². The Morgan fingerprint density at radius 3 is 2.35 bits per heavy atom. The summed E-state index contributed by atoms with van der Waals surface area (Å²) in [6.07, 6.45) is 6.37. The number of hydrogen-bond acceptors (Lipinski definition) is 3. The van der Waals surface area contributed by atoms with E-state index in [2.05, 4.69) is 24.1 Å². The van der Waals surface area contributed by atoms with E-state index >= 15 is 0 Å². The highest BCUT2D eigenvalue weighted by Crippen LogP contribution is 2.40. The molecule has 0 spiro atoms. The molecule has 0 radical (unpaired) electrons. The number of aliphatic hydroxyl groups excluding tert-OH is 1. The van der Waals surface area contributed by atoms with E-state index in [1.54, 1.807) is 0 Å². The maximum atomic E-state index is 9.68. The zero-order valence-corrected chi connectivity index (χ0v) is 11.4. The van der Waals surface area contributed by atoms with Gasteiger partial charge in [0, 0.05) is 24.5 Å². The second-order valence-corrected chi connectivity index (χ2v) is 6.34. The van der Waals surface area contributed by atoms with Crippen molar-refractivity contribution in [3.63, 3.8) is 0 Å². The van der Waals surface area contributed by atoms with Crippen LogP contribution in [0.5, 0.6) is 0 Å². The van der Waals surface area contributed by atoms with Crippen LogP contribution in [-0.2, 0) is 0 Å². The van der Waals surface area contributed by atoms with Crippen molar-refractivity contribution in [2.75, 3.05) is 26.2 Å². The first kappa shape index (κ1) is 13.3. The third kappa shape index (κ3) is 3.21. The van der Waals surface area contributed by atoms with Gasteiger partial charge in [-0.2, -0.15) is 0 Å². The van der Waals surface area contributed by atoms with E-state index in [-0.39, 0.29) is 11.5 Å². The molecule has 1 saturated carbocycles. The van der Waals surface area contributed by atoms with Crippen LogP contribution in [0.4, 0.5) is 0 Å². The van der Waals surface area contributed by atoms with E-state index in [9.17, 15) is 5.11 Å². The van der Waals surface area contributed by atoms with Gasteiger partial charge in [-0.05, 0) is 32.4 Å². The summed E-state index contributed by atoms with van der Waals surface area (Å²) in [6, 6.07) is 0.504. The molecule has 1 saturated heterocycles. The van der Waals surface area contributed by atoms with Crippen molar-refractivity contribution < 1.29 is 5.11 Å². The molecule has 2 fully saturated rings. The minimum absolute atomic E-state index is 0.0682. The number of likely N-dealkylation sites (tertiary alicyclic amines) is 1. The van der Waals surface area contributed by atoms with Crippen LogP contribution in [0.1, 0.15) is 46.0 Å². The minimum Gasteiger partial charge on any atom is -0.392 e. The third-order valence-corrected chi connectivity index (χ3v) is 4.73. The highest BCUT2D eigenvalue weighted by Gasteiger charge is 2.46. The first-order chi connectivity index (χ1) is 8.10. The quantitative estimate of drug-likeness (QED) is 0.784. The van der Waals surface area contributed by atoms with E-state index in [1.807, 2.05) is 0 Å². The van der Waals surface area contributed by atoms with Crippen molar-refractivity contribution in [2.45, 2.75) is 58.1 Å². The molecule has 0 aromatic heterocycles. The van der Waals surface area contributed by atoms with Gasteiger partial charge < -0.3 is 15.3 Å². The molecule has 100 valence electrons. The van der Waals surface area contributed by atoms with Gasteiger partial charge in [-0.3, -0.25) is 0 Å². The van der Waals surface area contributed by atoms with Gasteiger partial charge in [-0.25, -0.2) is 0 Å². The molecule has 2 rings (SSSR count). The second-order valence-electron chi connectivity index (χ2n) is 6.34. The fraction of sp³-hybridized carbons (Fsp3) is 1.00. The lowest BCUT2D eigenvalue weighted by atomic mass is 9.64. The van der Waals surface area contributed by atoms with Crippen LogP contribution in [0, 0.1) is 5.41 Å². The van der Waals surface area contributed by atoms with Crippen molar-refractivity contribution in [1.82, 2.24) is 10.2 Å². The molecule has 17 heavy (non-hydrogen) atoms. The smallest absolute Gasteiger partial charge is 0.0621 e. The van der Waals surface area contributed by atoms with E-state index in [0.29, 0.717) is 6.04 Å². The molecule has 0 amide bonds. The molecule has 2 atom stereocenters. The predicted molar refractivity (Wildman–Crippen MR) is 71.1 cm³/mol. The topological polar surface area (TPSA) is 35.5 Å². The Hall–Kier alpha value is -0.120. The van der Waals surface area contributed by atoms with Crippen molar-refractivity contribution in [3.05, 3.63) is 0 Å². The standard InChI is InChI=1S/C14H28N2O/c1-14(2)12(11-13(14)17)15-7-10-16-8-5-3-4-6-9-16/h12-13,15,17H,3-11H2,1-2H3. The van der Waals surface area contributed by atoms with Crippen LogP contribution in [-0.4, -0.2) is 48.3 Å². The van der Waals surface area contributed by atoms with Gasteiger partial charge in [0.25, 0.3) is 0 Å². The molecule has 1 aliphatic carbocycles. The second kappa shape index (κ2) is 5.68. The predicted octanol–water partition coefficient (Wildman–Crippen LogP) is 1.61. The summed E-state index contributed by atoms with van der Waals surface area (Å²) in [4.78, 5) is 2.59. The average Bonchev–Trinajstić information content (AvgIpc) is 2.56. The van der Waals surface area contributed by atoms with Crippen LogP contribution < -0.4 is 5.32 Å². The van der Waals surface area contributed by atoms with Crippen LogP contribution in [0.3, 0.4) is 0 Å². The first-order valence-electron chi connectivity index (χ1n) is 7.24. The normalized spacial score (nSPS) is 34.1. The van der Waals surface area contributed by atoms with Gasteiger partial charge in [0.2, 0.25) is 0 Å². The Bertz CT molecular complexity index is 234. The Morgan fingerprint density at radius 2 is 1.82 bits per heavy atom. The van der Waals surface area contributed by atoms with E-state index in [4.69, 9.17) is 0 Å². The third-order valence-electron chi connectivity index (χ3n) is 4.73. The average molecular weight is 240 g/mol. The van der Waals surface area contributed by atoms with E-state index in [1.165, 1.54) is 45.3 Å². The van der Waals surface area contributed by atoms with Crippen molar-refractivity contribution >= 4 is 0 Å². The SMILES string of the molecule is CC1(C)C(O)CC1NCCN1CCCCCC1. The number of aliphatic hydroxyl groups is 1. The molecule has 1 heterocycles. The first-order valence-corrected chi connectivity index (χ1v) is 7.24. The zero-order valence-electron chi connectivity index (χ0n) is 11.4. The molecule has 1 aliphatic heterocycles. The zero-order chi connectivity index (χ0) is 12.3. The van der Waals surface area contributed by atoms with Gasteiger partial charge in [0.1, 0.15) is 0 Å².